The number of aromatic nitrogens is 3. The number of phenolic OH excluding ortho intramolecular Hbond substituents is 1. The highest BCUT2D eigenvalue weighted by molar-refractivity contribution is 6.23. The van der Waals surface area contributed by atoms with E-state index in [1.807, 2.05) is 0 Å². The molecule has 0 amide bonds. The summed E-state index contributed by atoms with van der Waals surface area (Å²) in [6.07, 6.45) is 1.55. The molecule has 0 bridgehead atoms. The van der Waals surface area contributed by atoms with Crippen molar-refractivity contribution < 1.29 is 9.50 Å². The van der Waals surface area contributed by atoms with E-state index in [9.17, 15) is 14.3 Å². The molecule has 0 saturated heterocycles. The van der Waals surface area contributed by atoms with Crippen LogP contribution in [0.5, 0.6) is 5.75 Å². The molecule has 5 nitrogen and oxygen atoms in total. The highest BCUT2D eigenvalue weighted by Crippen LogP contribution is 2.35. The van der Waals surface area contributed by atoms with Crippen LogP contribution >= 0.6 is 0 Å². The highest BCUT2D eigenvalue weighted by Gasteiger charge is 2.17. The molecule has 126 valence electrons. The molecule has 0 fully saturated rings. The summed E-state index contributed by atoms with van der Waals surface area (Å²) in [6, 6.07) is 12.9. The number of H-pyrrole nitrogens is 2. The van der Waals surface area contributed by atoms with Crippen LogP contribution in [0.2, 0.25) is 0 Å². The molecule has 6 heteroatoms. The van der Waals surface area contributed by atoms with Gasteiger partial charge in [-0.15, -0.1) is 0 Å². The number of hydrogen-bond acceptors (Lipinski definition) is 3. The number of nitrogens with zero attached hydrogens (tertiary/aromatic N) is 1. The van der Waals surface area contributed by atoms with Gasteiger partial charge in [0.15, 0.2) is 0 Å². The van der Waals surface area contributed by atoms with Crippen LogP contribution in [0, 0.1) is 5.82 Å². The van der Waals surface area contributed by atoms with E-state index < -0.39 is 5.82 Å². The van der Waals surface area contributed by atoms with Gasteiger partial charge in [-0.2, -0.15) is 0 Å². The number of benzene rings is 3. The Hall–Kier alpha value is -3.67. The normalized spacial score (nSPS) is 11.6. The summed E-state index contributed by atoms with van der Waals surface area (Å²) in [4.78, 5) is 22.9. The molecule has 2 aromatic heterocycles. The lowest BCUT2D eigenvalue weighted by Gasteiger charge is -2.05. The first kappa shape index (κ1) is 14.7. The molecule has 5 rings (SSSR count). The lowest BCUT2D eigenvalue weighted by atomic mass is 10.0. The van der Waals surface area contributed by atoms with Crippen LogP contribution in [0.3, 0.4) is 0 Å². The zero-order valence-electron chi connectivity index (χ0n) is 13.4. The van der Waals surface area contributed by atoms with Gasteiger partial charge in [0.1, 0.15) is 17.4 Å². The standard InChI is InChI=1S/C20H12FN3O2/c21-10-5-6-11-14(9-10)16-13(7-8-22-20(16)26)18-17(11)23-19(24-18)12-3-1-2-4-15(12)25/h1-9,25H,(H,22,26)(H,23,24). The van der Waals surface area contributed by atoms with Gasteiger partial charge < -0.3 is 15.1 Å². The Labute approximate surface area is 145 Å². The molecule has 0 atom stereocenters. The summed E-state index contributed by atoms with van der Waals surface area (Å²) in [7, 11) is 0. The topological polar surface area (TPSA) is 81.8 Å². The molecule has 5 aromatic rings. The molecule has 3 aromatic carbocycles. The number of pyridine rings is 1. The summed E-state index contributed by atoms with van der Waals surface area (Å²) < 4.78 is 13.8. The van der Waals surface area contributed by atoms with E-state index in [0.717, 1.165) is 0 Å². The van der Waals surface area contributed by atoms with Crippen molar-refractivity contribution in [1.82, 2.24) is 15.0 Å². The summed E-state index contributed by atoms with van der Waals surface area (Å²) in [5.74, 6) is 0.165. The zero-order valence-corrected chi connectivity index (χ0v) is 13.4. The van der Waals surface area contributed by atoms with E-state index in [1.165, 1.54) is 12.1 Å². The maximum Gasteiger partial charge on any atom is 0.256 e. The third kappa shape index (κ3) is 1.96. The predicted molar refractivity (Wildman–Crippen MR) is 98.8 cm³/mol. The monoisotopic (exact) mass is 345 g/mol. The molecule has 3 N–H and O–H groups in total. The number of imidazole rings is 1. The Morgan fingerprint density at radius 2 is 1.85 bits per heavy atom. The number of rotatable bonds is 1. The van der Waals surface area contributed by atoms with Crippen LogP contribution in [0.4, 0.5) is 4.39 Å². The third-order valence-electron chi connectivity index (χ3n) is 4.60. The van der Waals surface area contributed by atoms with Gasteiger partial charge in [0.2, 0.25) is 0 Å². The van der Waals surface area contributed by atoms with Crippen molar-refractivity contribution in [3.8, 4) is 17.1 Å². The second-order valence-electron chi connectivity index (χ2n) is 6.11. The molecule has 0 spiro atoms. The average molecular weight is 345 g/mol. The first-order valence-corrected chi connectivity index (χ1v) is 8.04. The second-order valence-corrected chi connectivity index (χ2v) is 6.11. The number of hydrogen-bond donors (Lipinski definition) is 3. The predicted octanol–water partition coefficient (Wildman–Crippen LogP) is 4.07. The third-order valence-corrected chi connectivity index (χ3v) is 4.60. The Morgan fingerprint density at radius 1 is 1.00 bits per heavy atom. The minimum absolute atomic E-state index is 0.101. The Kier molecular flexibility index (Phi) is 2.91. The van der Waals surface area contributed by atoms with Gasteiger partial charge >= 0.3 is 0 Å². The molecule has 2 heterocycles. The van der Waals surface area contributed by atoms with Crippen LogP contribution in [-0.4, -0.2) is 20.1 Å². The molecule has 0 radical (unpaired) electrons. The van der Waals surface area contributed by atoms with Gasteiger partial charge in [0.05, 0.1) is 22.0 Å². The van der Waals surface area contributed by atoms with Crippen LogP contribution in [0.1, 0.15) is 0 Å². The van der Waals surface area contributed by atoms with Gasteiger partial charge in [-0.3, -0.25) is 4.79 Å². The summed E-state index contributed by atoms with van der Waals surface area (Å²) in [5, 5.41) is 12.4. The molecule has 0 unspecified atom stereocenters. The lowest BCUT2D eigenvalue weighted by molar-refractivity contribution is 0.477. The van der Waals surface area contributed by atoms with Gasteiger partial charge in [-0.25, -0.2) is 9.37 Å². The minimum atomic E-state index is -0.419. The van der Waals surface area contributed by atoms with Crippen LogP contribution < -0.4 is 5.56 Å². The van der Waals surface area contributed by atoms with Crippen molar-refractivity contribution in [2.75, 3.05) is 0 Å². The summed E-state index contributed by atoms with van der Waals surface area (Å²) in [6.45, 7) is 0. The molecular weight excluding hydrogens is 333 g/mol. The molecular formula is C20H12FN3O2. The summed E-state index contributed by atoms with van der Waals surface area (Å²) in [5.41, 5.74) is 1.55. The van der Waals surface area contributed by atoms with E-state index in [2.05, 4.69) is 15.0 Å². The van der Waals surface area contributed by atoms with Crippen LogP contribution in [0.15, 0.2) is 59.5 Å². The fourth-order valence-electron chi connectivity index (χ4n) is 3.45. The smallest absolute Gasteiger partial charge is 0.256 e. The SMILES string of the molecule is O=c1[nH]ccc2c3[nH]c(-c4ccccc4O)nc3c3ccc(F)cc3c12. The maximum atomic E-state index is 13.8. The zero-order chi connectivity index (χ0) is 17.8. The van der Waals surface area contributed by atoms with Gasteiger partial charge in [0.25, 0.3) is 5.56 Å². The van der Waals surface area contributed by atoms with E-state index in [4.69, 9.17) is 0 Å². The fourth-order valence-corrected chi connectivity index (χ4v) is 3.45. The van der Waals surface area contributed by atoms with Crippen molar-refractivity contribution in [1.29, 1.82) is 0 Å². The van der Waals surface area contributed by atoms with E-state index in [1.54, 1.807) is 42.6 Å². The van der Waals surface area contributed by atoms with Gasteiger partial charge in [-0.05, 0) is 36.4 Å². The number of fused-ring (bicyclic) bond motifs is 6. The van der Waals surface area contributed by atoms with Crippen molar-refractivity contribution in [2.45, 2.75) is 0 Å². The molecule has 26 heavy (non-hydrogen) atoms. The number of aromatic hydroxyl groups is 1. The lowest BCUT2D eigenvalue weighted by Crippen LogP contribution is -2.05. The number of halogens is 1. The number of phenols is 1. The van der Waals surface area contributed by atoms with Crippen molar-refractivity contribution in [2.24, 2.45) is 0 Å². The Morgan fingerprint density at radius 3 is 2.69 bits per heavy atom. The minimum Gasteiger partial charge on any atom is -0.507 e. The molecule has 0 aliphatic carbocycles. The Balaban J connectivity index is 2.02. The quantitative estimate of drug-likeness (QED) is 0.401. The van der Waals surface area contributed by atoms with E-state index in [0.29, 0.717) is 44.0 Å². The fraction of sp³-hybridized carbons (Fsp3) is 0. The molecule has 0 aliphatic rings. The Bertz CT molecular complexity index is 1390. The number of aromatic amines is 2. The van der Waals surface area contributed by atoms with E-state index in [-0.39, 0.29) is 11.3 Å². The van der Waals surface area contributed by atoms with Gasteiger partial charge in [-0.1, -0.05) is 12.1 Å². The van der Waals surface area contributed by atoms with Gasteiger partial charge in [0, 0.05) is 22.4 Å². The highest BCUT2D eigenvalue weighted by atomic mass is 19.1. The number of para-hydroxylation sites is 1. The maximum absolute atomic E-state index is 13.8. The first-order chi connectivity index (χ1) is 12.6. The summed E-state index contributed by atoms with van der Waals surface area (Å²) >= 11 is 0. The first-order valence-electron chi connectivity index (χ1n) is 8.04. The van der Waals surface area contributed by atoms with Crippen molar-refractivity contribution in [3.05, 3.63) is 70.9 Å². The van der Waals surface area contributed by atoms with Crippen LogP contribution in [-0.2, 0) is 0 Å². The number of nitrogens with one attached hydrogen (secondary N) is 2. The van der Waals surface area contributed by atoms with E-state index >= 15 is 0 Å². The largest absolute Gasteiger partial charge is 0.507 e. The second kappa shape index (κ2) is 5.16. The van der Waals surface area contributed by atoms with Crippen LogP contribution in [0.25, 0.3) is 44.0 Å². The average Bonchev–Trinajstić information content (AvgIpc) is 3.07. The van der Waals surface area contributed by atoms with Crippen molar-refractivity contribution >= 4 is 32.6 Å². The molecule has 0 saturated carbocycles. The van der Waals surface area contributed by atoms with Crippen molar-refractivity contribution in [3.63, 3.8) is 0 Å². The molecule has 0 aliphatic heterocycles.